The predicted molar refractivity (Wildman–Crippen MR) is 91.4 cm³/mol. The zero-order chi connectivity index (χ0) is 18.9. The summed E-state index contributed by atoms with van der Waals surface area (Å²) in [6.07, 6.45) is -2.17. The fourth-order valence-electron chi connectivity index (χ4n) is 2.33. The second-order valence-electron chi connectivity index (χ2n) is 5.59. The highest BCUT2D eigenvalue weighted by molar-refractivity contribution is 7.86. The first kappa shape index (κ1) is 15.7. The van der Waals surface area contributed by atoms with E-state index >= 15 is 0 Å². The van der Waals surface area contributed by atoms with Gasteiger partial charge in [-0.3, -0.25) is 4.79 Å². The van der Waals surface area contributed by atoms with Crippen molar-refractivity contribution < 1.29 is 23.5 Å². The highest BCUT2D eigenvalue weighted by Crippen LogP contribution is 2.32. The maximum atomic E-state index is 12.6. The number of Topliss-reactive ketones (excluding diaryl/α,β-unsaturated/α-hetero) is 1. The molecule has 1 heterocycles. The van der Waals surface area contributed by atoms with Gasteiger partial charge in [0.1, 0.15) is 5.75 Å². The Labute approximate surface area is 147 Å². The standard InChI is InChI=1S/C18H17NO5S/c1-12-7-9-14(10-8-12)16-15(20)17(18(19)23-16)24-25(21,22)11-13-5-3-2-4-6-13/h2-10,16H,11,19H2,1H3/i16D. The summed E-state index contributed by atoms with van der Waals surface area (Å²) in [5, 5.41) is 0. The molecule has 3 rings (SSSR count). The Morgan fingerprint density at radius 1 is 1.16 bits per heavy atom. The molecule has 1 atom stereocenters. The molecule has 25 heavy (non-hydrogen) atoms. The van der Waals surface area contributed by atoms with Crippen molar-refractivity contribution in [3.63, 3.8) is 0 Å². The summed E-state index contributed by atoms with van der Waals surface area (Å²) in [5.41, 5.74) is 7.30. The van der Waals surface area contributed by atoms with E-state index < -0.39 is 39.4 Å². The van der Waals surface area contributed by atoms with Crippen LogP contribution in [0.15, 0.2) is 66.2 Å². The van der Waals surface area contributed by atoms with Crippen LogP contribution in [0.2, 0.25) is 0 Å². The number of ether oxygens (including phenoxy) is 1. The average Bonchev–Trinajstić information content (AvgIpc) is 2.80. The van der Waals surface area contributed by atoms with E-state index in [1.807, 2.05) is 6.92 Å². The van der Waals surface area contributed by atoms with Crippen LogP contribution in [0.4, 0.5) is 0 Å². The highest BCUT2D eigenvalue weighted by atomic mass is 32.2. The first-order valence-corrected chi connectivity index (χ1v) is 9.06. The van der Waals surface area contributed by atoms with Gasteiger partial charge in [0.2, 0.25) is 17.4 Å². The summed E-state index contributed by atoms with van der Waals surface area (Å²) in [5.74, 6) is -2.60. The summed E-state index contributed by atoms with van der Waals surface area (Å²) in [7, 11) is -4.15. The first-order valence-electron chi connectivity index (χ1n) is 7.98. The number of nitrogens with two attached hydrogens (primary N) is 1. The molecule has 2 aromatic carbocycles. The van der Waals surface area contributed by atoms with Crippen LogP contribution < -0.4 is 5.73 Å². The Balaban J connectivity index is 1.83. The molecule has 1 aliphatic rings. The minimum atomic E-state index is -4.15. The normalized spacial score (nSPS) is 21.0. The third-order valence-electron chi connectivity index (χ3n) is 3.56. The SMILES string of the molecule is [2H]C1(c2ccc(C)cc2)OC(N)=C(OS(=O)(=O)Cc2ccccc2)C1=O. The largest absolute Gasteiger partial charge is 0.460 e. The highest BCUT2D eigenvalue weighted by Gasteiger charge is 2.39. The van der Waals surface area contributed by atoms with Crippen LogP contribution in [-0.4, -0.2) is 14.2 Å². The van der Waals surface area contributed by atoms with Crippen molar-refractivity contribution in [1.29, 1.82) is 0 Å². The van der Waals surface area contributed by atoms with Gasteiger partial charge in [0.05, 0.1) is 1.37 Å². The van der Waals surface area contributed by atoms with E-state index in [9.17, 15) is 13.2 Å². The molecule has 1 aliphatic heterocycles. The smallest absolute Gasteiger partial charge is 0.313 e. The third kappa shape index (κ3) is 3.83. The number of carbonyl (C=O) groups is 1. The number of ketones is 1. The summed E-state index contributed by atoms with van der Waals surface area (Å²) in [4.78, 5) is 12.6. The molecule has 2 N–H and O–H groups in total. The lowest BCUT2D eigenvalue weighted by Gasteiger charge is -2.10. The Morgan fingerprint density at radius 3 is 2.44 bits per heavy atom. The minimum absolute atomic E-state index is 0.232. The Morgan fingerprint density at radius 2 is 1.80 bits per heavy atom. The lowest BCUT2D eigenvalue weighted by Crippen LogP contribution is -2.16. The van der Waals surface area contributed by atoms with Crippen molar-refractivity contribution in [2.75, 3.05) is 0 Å². The van der Waals surface area contributed by atoms with Gasteiger partial charge in [-0.05, 0) is 12.5 Å². The number of rotatable bonds is 5. The number of aryl methyl sites for hydroxylation is 1. The summed E-state index contributed by atoms with van der Waals surface area (Å²) < 4.78 is 42.9. The van der Waals surface area contributed by atoms with Gasteiger partial charge in [0.25, 0.3) is 0 Å². The number of carbonyl (C=O) groups excluding carboxylic acids is 1. The molecule has 0 saturated carbocycles. The lowest BCUT2D eigenvalue weighted by molar-refractivity contribution is -0.123. The van der Waals surface area contributed by atoms with Crippen molar-refractivity contribution in [1.82, 2.24) is 0 Å². The number of hydrogen-bond acceptors (Lipinski definition) is 6. The first-order chi connectivity index (χ1) is 12.2. The van der Waals surface area contributed by atoms with Crippen LogP contribution in [0.25, 0.3) is 0 Å². The second kappa shape index (κ2) is 6.60. The predicted octanol–water partition coefficient (Wildman–Crippen LogP) is 2.31. The molecule has 130 valence electrons. The molecule has 7 heteroatoms. The van der Waals surface area contributed by atoms with E-state index in [0.717, 1.165) is 5.56 Å². The van der Waals surface area contributed by atoms with Crippen LogP contribution in [-0.2, 0) is 29.6 Å². The summed E-state index contributed by atoms with van der Waals surface area (Å²) in [6.45, 7) is 1.86. The lowest BCUT2D eigenvalue weighted by atomic mass is 10.0. The molecular formula is C18H17NO5S. The van der Waals surface area contributed by atoms with Gasteiger partial charge in [0.15, 0.2) is 6.08 Å². The van der Waals surface area contributed by atoms with Crippen LogP contribution in [0.1, 0.15) is 24.1 Å². The average molecular weight is 360 g/mol. The molecule has 0 amide bonds. The summed E-state index contributed by atoms with van der Waals surface area (Å²) >= 11 is 0. The van der Waals surface area contributed by atoms with Crippen molar-refractivity contribution in [3.05, 3.63) is 82.9 Å². The zero-order valence-corrected chi connectivity index (χ0v) is 14.2. The van der Waals surface area contributed by atoms with Gasteiger partial charge in [-0.25, -0.2) is 0 Å². The van der Waals surface area contributed by atoms with Crippen LogP contribution in [0, 0.1) is 6.92 Å². The molecule has 0 bridgehead atoms. The van der Waals surface area contributed by atoms with Crippen LogP contribution in [0.3, 0.4) is 0 Å². The van der Waals surface area contributed by atoms with E-state index in [1.165, 1.54) is 0 Å². The van der Waals surface area contributed by atoms with Crippen LogP contribution >= 0.6 is 0 Å². The fourth-order valence-corrected chi connectivity index (χ4v) is 3.40. The van der Waals surface area contributed by atoms with Gasteiger partial charge in [-0.2, -0.15) is 8.42 Å². The molecule has 0 aliphatic carbocycles. The molecular weight excluding hydrogens is 342 g/mol. The molecule has 0 aromatic heterocycles. The van der Waals surface area contributed by atoms with E-state index in [0.29, 0.717) is 5.56 Å². The molecule has 0 saturated heterocycles. The molecule has 1 unspecified atom stereocenters. The minimum Gasteiger partial charge on any atom is -0.460 e. The van der Waals surface area contributed by atoms with Crippen molar-refractivity contribution >= 4 is 15.9 Å². The van der Waals surface area contributed by atoms with Crippen molar-refractivity contribution in [2.24, 2.45) is 5.73 Å². The van der Waals surface area contributed by atoms with Gasteiger partial charge in [0, 0.05) is 5.56 Å². The monoisotopic (exact) mass is 360 g/mol. The van der Waals surface area contributed by atoms with Crippen molar-refractivity contribution in [3.8, 4) is 0 Å². The van der Waals surface area contributed by atoms with Gasteiger partial charge in [-0.15, -0.1) is 0 Å². The quantitative estimate of drug-likeness (QED) is 0.822. The topological polar surface area (TPSA) is 95.7 Å². The maximum absolute atomic E-state index is 12.6. The Bertz CT molecular complexity index is 970. The fraction of sp³-hybridized carbons (Fsp3) is 0.167. The van der Waals surface area contributed by atoms with E-state index in [-0.39, 0.29) is 5.56 Å². The van der Waals surface area contributed by atoms with Gasteiger partial charge < -0.3 is 14.7 Å². The Hall–Kier alpha value is -2.80. The maximum Gasteiger partial charge on any atom is 0.313 e. The van der Waals surface area contributed by atoms with Crippen molar-refractivity contribution in [2.45, 2.75) is 18.8 Å². The van der Waals surface area contributed by atoms with E-state index in [2.05, 4.69) is 0 Å². The molecule has 0 fully saturated rings. The van der Waals surface area contributed by atoms with Gasteiger partial charge in [-0.1, -0.05) is 60.2 Å². The number of benzene rings is 2. The van der Waals surface area contributed by atoms with Crippen LogP contribution in [0.5, 0.6) is 0 Å². The second-order valence-corrected chi connectivity index (χ2v) is 7.16. The molecule has 0 spiro atoms. The molecule has 2 aromatic rings. The third-order valence-corrected chi connectivity index (χ3v) is 4.67. The molecule has 0 radical (unpaired) electrons. The number of hydrogen-bond donors (Lipinski definition) is 1. The Kier molecular flexibility index (Phi) is 4.15. The molecule has 6 nitrogen and oxygen atoms in total. The zero-order valence-electron chi connectivity index (χ0n) is 14.4. The van der Waals surface area contributed by atoms with E-state index in [4.69, 9.17) is 16.0 Å². The summed E-state index contributed by atoms with van der Waals surface area (Å²) in [6, 6.07) is 14.9. The van der Waals surface area contributed by atoms with E-state index in [1.54, 1.807) is 54.6 Å². The van der Waals surface area contributed by atoms with Gasteiger partial charge >= 0.3 is 10.1 Å².